The highest BCUT2D eigenvalue weighted by Crippen LogP contribution is 2.24. The highest BCUT2D eigenvalue weighted by Gasteiger charge is 2.11. The number of aromatic nitrogens is 1. The third kappa shape index (κ3) is 4.36. The second-order valence-electron chi connectivity index (χ2n) is 6.96. The lowest BCUT2D eigenvalue weighted by Crippen LogP contribution is -2.15. The summed E-state index contributed by atoms with van der Waals surface area (Å²) in [6.45, 7) is 6.28. The summed E-state index contributed by atoms with van der Waals surface area (Å²) < 4.78 is 1.95. The van der Waals surface area contributed by atoms with Crippen LogP contribution in [0.5, 0.6) is 0 Å². The van der Waals surface area contributed by atoms with Gasteiger partial charge in [-0.2, -0.15) is 5.10 Å². The molecule has 0 fully saturated rings. The molecular weight excluding hydrogens is 408 g/mol. The van der Waals surface area contributed by atoms with Crippen LogP contribution in [0.3, 0.4) is 0 Å². The first-order valence-corrected chi connectivity index (χ1v) is 10.6. The first-order valence-electron chi connectivity index (χ1n) is 9.68. The number of rotatable bonds is 6. The van der Waals surface area contributed by atoms with Crippen LogP contribution in [-0.4, -0.2) is 15.2 Å². The van der Waals surface area contributed by atoms with E-state index in [1.54, 1.807) is 18.2 Å². The lowest BCUT2D eigenvalue weighted by atomic mass is 10.0. The van der Waals surface area contributed by atoms with Gasteiger partial charge in [0.05, 0.1) is 16.3 Å². The summed E-state index contributed by atoms with van der Waals surface area (Å²) in [5, 5.41) is 24.3. The number of nitrogens with zero attached hydrogens (tertiary/aromatic N) is 4. The van der Waals surface area contributed by atoms with Gasteiger partial charge >= 0.3 is 0 Å². The van der Waals surface area contributed by atoms with Crippen LogP contribution in [-0.2, 0) is 6.54 Å². The number of hydrogen-bond donors (Lipinski definition) is 0. The van der Waals surface area contributed by atoms with E-state index in [0.29, 0.717) is 11.3 Å². The van der Waals surface area contributed by atoms with Crippen molar-refractivity contribution in [3.63, 3.8) is 0 Å². The van der Waals surface area contributed by atoms with E-state index in [2.05, 4.69) is 41.0 Å². The highest BCUT2D eigenvalue weighted by molar-refractivity contribution is 7.07. The van der Waals surface area contributed by atoms with Gasteiger partial charge in [0.2, 0.25) is 4.80 Å². The lowest BCUT2D eigenvalue weighted by Gasteiger charge is -2.06. The molecule has 0 bridgehead atoms. The zero-order chi connectivity index (χ0) is 21.8. The van der Waals surface area contributed by atoms with Crippen LogP contribution in [0.15, 0.2) is 95.0 Å². The van der Waals surface area contributed by atoms with E-state index in [0.717, 1.165) is 27.9 Å². The van der Waals surface area contributed by atoms with Gasteiger partial charge in [0.25, 0.3) is 5.69 Å². The summed E-state index contributed by atoms with van der Waals surface area (Å²) in [4.78, 5) is 11.4. The van der Waals surface area contributed by atoms with Crippen LogP contribution >= 0.6 is 11.3 Å². The maximum atomic E-state index is 11.1. The Bertz CT molecular complexity index is 1380. The smallest absolute Gasteiger partial charge is 0.270 e. The van der Waals surface area contributed by atoms with Gasteiger partial charge in [-0.05, 0) is 29.3 Å². The van der Waals surface area contributed by atoms with E-state index < -0.39 is 4.92 Å². The summed E-state index contributed by atoms with van der Waals surface area (Å²) >= 11 is 1.44. The zero-order valence-corrected chi connectivity index (χ0v) is 17.7. The summed E-state index contributed by atoms with van der Waals surface area (Å²) in [5.41, 5.74) is 3.46. The molecule has 1 aromatic heterocycles. The molecule has 0 aliphatic carbocycles. The maximum absolute atomic E-state index is 11.1. The van der Waals surface area contributed by atoms with Crippen molar-refractivity contribution in [3.8, 4) is 11.3 Å². The topological polar surface area (TPSA) is 72.8 Å². The Kier molecular flexibility index (Phi) is 5.86. The molecule has 0 unspecified atom stereocenters. The quantitative estimate of drug-likeness (QED) is 0.169. The first kappa shape index (κ1) is 20.4. The van der Waals surface area contributed by atoms with Gasteiger partial charge in [-0.15, -0.1) is 23.0 Å². The van der Waals surface area contributed by atoms with Crippen molar-refractivity contribution in [1.29, 1.82) is 0 Å². The fraction of sp³-hybridized carbons (Fsp3) is 0.0833. The minimum atomic E-state index is -0.393. The fourth-order valence-electron chi connectivity index (χ4n) is 3.31. The number of nitro benzene ring substituents is 1. The molecule has 31 heavy (non-hydrogen) atoms. The van der Waals surface area contributed by atoms with E-state index in [4.69, 9.17) is 0 Å². The van der Waals surface area contributed by atoms with Crippen molar-refractivity contribution in [2.45, 2.75) is 13.5 Å². The predicted molar refractivity (Wildman–Crippen MR) is 126 cm³/mol. The molecule has 7 heteroatoms. The van der Waals surface area contributed by atoms with Crippen LogP contribution in [0, 0.1) is 10.1 Å². The predicted octanol–water partition coefficient (Wildman–Crippen LogP) is 5.79. The van der Waals surface area contributed by atoms with Gasteiger partial charge in [0.1, 0.15) is 0 Å². The van der Waals surface area contributed by atoms with Crippen molar-refractivity contribution >= 4 is 33.5 Å². The number of allylic oxidation sites excluding steroid dienone is 1. The Morgan fingerprint density at radius 2 is 1.94 bits per heavy atom. The van der Waals surface area contributed by atoms with Gasteiger partial charge in [0, 0.05) is 29.6 Å². The maximum Gasteiger partial charge on any atom is 0.270 e. The van der Waals surface area contributed by atoms with Crippen LogP contribution < -0.4 is 4.80 Å². The second kappa shape index (κ2) is 8.89. The normalized spacial score (nSPS) is 12.3. The van der Waals surface area contributed by atoms with Crippen LogP contribution in [0.25, 0.3) is 22.0 Å². The molecular formula is C24H20N4O2S. The van der Waals surface area contributed by atoms with E-state index in [9.17, 15) is 10.1 Å². The van der Waals surface area contributed by atoms with Gasteiger partial charge in [0.15, 0.2) is 0 Å². The molecule has 0 saturated heterocycles. The van der Waals surface area contributed by atoms with Crippen LogP contribution in [0.2, 0.25) is 0 Å². The van der Waals surface area contributed by atoms with Crippen molar-refractivity contribution in [2.75, 3.05) is 0 Å². The Morgan fingerprint density at radius 1 is 1.13 bits per heavy atom. The minimum Gasteiger partial charge on any atom is -0.311 e. The number of fused-ring (bicyclic) bond motifs is 1. The molecule has 0 amide bonds. The summed E-state index contributed by atoms with van der Waals surface area (Å²) in [6.07, 6.45) is 1.77. The molecule has 4 rings (SSSR count). The Hall–Kier alpha value is -3.84. The van der Waals surface area contributed by atoms with E-state index in [-0.39, 0.29) is 5.69 Å². The molecule has 0 radical (unpaired) electrons. The standard InChI is InChI=1S/C24H20N4O2S/c1-3-13-27-23(21-9-6-10-22(15-21)28(29)30)16-31-24(27)26-25-17(2)19-12-11-18-7-4-5-8-20(18)14-19/h3-12,14-16H,1,13H2,2H3/b25-17-,26-24-. The molecule has 1 heterocycles. The molecule has 4 aromatic rings. The average Bonchev–Trinajstić information content (AvgIpc) is 3.20. The minimum absolute atomic E-state index is 0.0533. The second-order valence-corrected chi connectivity index (χ2v) is 7.79. The monoisotopic (exact) mass is 428 g/mol. The molecule has 6 nitrogen and oxygen atoms in total. The van der Waals surface area contributed by atoms with Crippen LogP contribution in [0.1, 0.15) is 12.5 Å². The largest absolute Gasteiger partial charge is 0.311 e. The molecule has 0 N–H and O–H groups in total. The van der Waals surface area contributed by atoms with E-state index in [1.165, 1.54) is 22.8 Å². The molecule has 0 aliphatic rings. The van der Waals surface area contributed by atoms with Crippen molar-refractivity contribution < 1.29 is 4.92 Å². The number of hydrogen-bond acceptors (Lipinski definition) is 5. The Morgan fingerprint density at radius 3 is 2.71 bits per heavy atom. The number of benzene rings is 3. The highest BCUT2D eigenvalue weighted by atomic mass is 32.1. The molecule has 0 atom stereocenters. The molecule has 3 aromatic carbocycles. The van der Waals surface area contributed by atoms with E-state index in [1.807, 2.05) is 41.1 Å². The SMILES string of the molecule is C=CCn1c(-c2cccc([N+](=O)[O-])c2)cs/c1=N\N=C(\C)c1ccc2ccccc2c1. The lowest BCUT2D eigenvalue weighted by molar-refractivity contribution is -0.384. The summed E-state index contributed by atoms with van der Waals surface area (Å²) in [6, 6.07) is 21.0. The average molecular weight is 429 g/mol. The van der Waals surface area contributed by atoms with Gasteiger partial charge in [-0.1, -0.05) is 54.6 Å². The van der Waals surface area contributed by atoms with E-state index >= 15 is 0 Å². The fourth-order valence-corrected chi connectivity index (χ4v) is 4.18. The number of nitro groups is 1. The summed E-state index contributed by atoms with van der Waals surface area (Å²) in [7, 11) is 0. The molecule has 0 saturated carbocycles. The molecule has 154 valence electrons. The van der Waals surface area contributed by atoms with Crippen LogP contribution in [0.4, 0.5) is 5.69 Å². The van der Waals surface area contributed by atoms with Gasteiger partial charge < -0.3 is 4.57 Å². The molecule has 0 spiro atoms. The third-order valence-corrected chi connectivity index (χ3v) is 5.77. The molecule has 0 aliphatic heterocycles. The van der Waals surface area contributed by atoms with Crippen molar-refractivity contribution in [1.82, 2.24) is 4.57 Å². The zero-order valence-electron chi connectivity index (χ0n) is 16.9. The number of thiazole rings is 1. The van der Waals surface area contributed by atoms with Crippen molar-refractivity contribution in [3.05, 3.63) is 105 Å². The van der Waals surface area contributed by atoms with Crippen molar-refractivity contribution in [2.24, 2.45) is 10.2 Å². The Labute approximate surface area is 183 Å². The number of non-ortho nitro benzene ring substituents is 1. The first-order chi connectivity index (χ1) is 15.1. The Balaban J connectivity index is 1.74. The third-order valence-electron chi connectivity index (χ3n) is 4.91. The van der Waals surface area contributed by atoms with Gasteiger partial charge in [-0.25, -0.2) is 0 Å². The van der Waals surface area contributed by atoms with Gasteiger partial charge in [-0.3, -0.25) is 10.1 Å². The summed E-state index contributed by atoms with van der Waals surface area (Å²) in [5.74, 6) is 0.